The molecule has 3 nitrogen and oxygen atoms in total. The van der Waals surface area contributed by atoms with E-state index in [4.69, 9.17) is 5.73 Å². The fourth-order valence-electron chi connectivity index (χ4n) is 1.95. The number of halogens is 2. The molecule has 2 N–H and O–H groups in total. The van der Waals surface area contributed by atoms with Crippen molar-refractivity contribution >= 4 is 21.7 Å². The lowest BCUT2D eigenvalue weighted by molar-refractivity contribution is 0.532. The third-order valence-corrected chi connectivity index (χ3v) is 3.25. The lowest BCUT2D eigenvalue weighted by atomic mass is 10.1. The molecule has 0 radical (unpaired) electrons. The van der Waals surface area contributed by atoms with Crippen LogP contribution in [-0.2, 0) is 0 Å². The van der Waals surface area contributed by atoms with E-state index in [-0.39, 0.29) is 11.9 Å². The summed E-state index contributed by atoms with van der Waals surface area (Å²) in [5, 5.41) is 0. The molecule has 0 aromatic carbocycles. The van der Waals surface area contributed by atoms with Crippen molar-refractivity contribution in [1.29, 1.82) is 0 Å². The first-order valence-corrected chi connectivity index (χ1v) is 6.71. The van der Waals surface area contributed by atoms with Crippen LogP contribution in [0.3, 0.4) is 0 Å². The van der Waals surface area contributed by atoms with Gasteiger partial charge in [-0.1, -0.05) is 13.8 Å². The van der Waals surface area contributed by atoms with E-state index in [1.165, 1.54) is 6.07 Å². The van der Waals surface area contributed by atoms with Crippen LogP contribution < -0.4 is 10.6 Å². The van der Waals surface area contributed by atoms with Gasteiger partial charge in [0.05, 0.1) is 0 Å². The molecule has 0 aliphatic rings. The van der Waals surface area contributed by atoms with Crippen LogP contribution in [0.15, 0.2) is 16.7 Å². The number of anilines is 1. The molecule has 5 heteroatoms. The third kappa shape index (κ3) is 3.64. The first-order valence-electron chi connectivity index (χ1n) is 5.91. The number of aromatic nitrogens is 1. The van der Waals surface area contributed by atoms with E-state index in [0.717, 1.165) is 12.8 Å². The zero-order valence-corrected chi connectivity index (χ0v) is 11.9. The van der Waals surface area contributed by atoms with E-state index in [1.54, 1.807) is 6.20 Å². The van der Waals surface area contributed by atoms with Crippen LogP contribution >= 0.6 is 15.9 Å². The molecule has 0 aliphatic heterocycles. The summed E-state index contributed by atoms with van der Waals surface area (Å²) < 4.78 is 14.5. The Labute approximate surface area is 110 Å². The van der Waals surface area contributed by atoms with Crippen molar-refractivity contribution < 1.29 is 4.39 Å². The lowest BCUT2D eigenvalue weighted by Crippen LogP contribution is -2.39. The van der Waals surface area contributed by atoms with Crippen molar-refractivity contribution in [3.8, 4) is 0 Å². The molecular weight excluding hydrogens is 285 g/mol. The van der Waals surface area contributed by atoms with Crippen LogP contribution in [0.25, 0.3) is 0 Å². The smallest absolute Gasteiger partial charge is 0.166 e. The summed E-state index contributed by atoms with van der Waals surface area (Å²) in [6.45, 7) is 5.30. The Morgan fingerprint density at radius 3 is 2.59 bits per heavy atom. The van der Waals surface area contributed by atoms with Gasteiger partial charge in [0.2, 0.25) is 0 Å². The number of rotatable bonds is 6. The quantitative estimate of drug-likeness (QED) is 0.878. The number of hydrogen-bond donors (Lipinski definition) is 1. The fourth-order valence-corrected chi connectivity index (χ4v) is 2.25. The Morgan fingerprint density at radius 2 is 2.12 bits per heavy atom. The molecular formula is C12H19BrFN3. The van der Waals surface area contributed by atoms with Gasteiger partial charge in [-0.25, -0.2) is 9.37 Å². The van der Waals surface area contributed by atoms with Gasteiger partial charge >= 0.3 is 0 Å². The van der Waals surface area contributed by atoms with Crippen LogP contribution in [0.1, 0.15) is 26.7 Å². The number of nitrogens with two attached hydrogens (primary N) is 1. The molecule has 0 saturated heterocycles. The molecule has 0 atom stereocenters. The van der Waals surface area contributed by atoms with Gasteiger partial charge in [0, 0.05) is 29.8 Å². The van der Waals surface area contributed by atoms with Gasteiger partial charge in [0.1, 0.15) is 0 Å². The fraction of sp³-hybridized carbons (Fsp3) is 0.583. The average molecular weight is 304 g/mol. The molecule has 17 heavy (non-hydrogen) atoms. The van der Waals surface area contributed by atoms with E-state index in [2.05, 4.69) is 34.8 Å². The van der Waals surface area contributed by atoms with Gasteiger partial charge in [-0.2, -0.15) is 0 Å². The number of pyridine rings is 1. The van der Waals surface area contributed by atoms with E-state index in [9.17, 15) is 4.39 Å². The normalized spacial score (nSPS) is 10.9. The standard InChI is InChI=1S/C12H19BrFN3/c1-3-10(4-2)17(6-5-15)12-11(14)7-9(13)8-16-12/h7-8,10H,3-6,15H2,1-2H3. The topological polar surface area (TPSA) is 42.1 Å². The Balaban J connectivity index is 3.03. The molecule has 1 aromatic rings. The molecule has 0 fully saturated rings. The molecule has 0 unspecified atom stereocenters. The van der Waals surface area contributed by atoms with Gasteiger partial charge < -0.3 is 10.6 Å². The van der Waals surface area contributed by atoms with Gasteiger partial charge in [-0.05, 0) is 34.8 Å². The maximum atomic E-state index is 13.9. The molecule has 0 aliphatic carbocycles. The maximum Gasteiger partial charge on any atom is 0.166 e. The monoisotopic (exact) mass is 303 g/mol. The molecule has 0 amide bonds. The van der Waals surface area contributed by atoms with E-state index < -0.39 is 0 Å². The van der Waals surface area contributed by atoms with Crippen molar-refractivity contribution in [1.82, 2.24) is 4.98 Å². The van der Waals surface area contributed by atoms with Crippen LogP contribution in [0.2, 0.25) is 0 Å². The Bertz CT molecular complexity index is 356. The summed E-state index contributed by atoms with van der Waals surface area (Å²) in [4.78, 5) is 6.12. The van der Waals surface area contributed by atoms with Crippen molar-refractivity contribution in [2.45, 2.75) is 32.7 Å². The molecule has 0 bridgehead atoms. The Kier molecular flexibility index (Phi) is 5.85. The summed E-state index contributed by atoms with van der Waals surface area (Å²) >= 11 is 3.21. The highest BCUT2D eigenvalue weighted by molar-refractivity contribution is 9.10. The van der Waals surface area contributed by atoms with Crippen LogP contribution in [0, 0.1) is 5.82 Å². The van der Waals surface area contributed by atoms with E-state index in [0.29, 0.717) is 23.4 Å². The molecule has 0 saturated carbocycles. The predicted molar refractivity (Wildman–Crippen MR) is 72.7 cm³/mol. The Morgan fingerprint density at radius 1 is 1.47 bits per heavy atom. The van der Waals surface area contributed by atoms with Crippen LogP contribution in [0.5, 0.6) is 0 Å². The van der Waals surface area contributed by atoms with E-state index >= 15 is 0 Å². The zero-order chi connectivity index (χ0) is 12.8. The second kappa shape index (κ2) is 6.91. The first kappa shape index (κ1) is 14.4. The van der Waals surface area contributed by atoms with Gasteiger partial charge in [-0.3, -0.25) is 0 Å². The molecule has 0 spiro atoms. The van der Waals surface area contributed by atoms with E-state index in [1.807, 2.05) is 4.90 Å². The van der Waals surface area contributed by atoms with Crippen LogP contribution in [-0.4, -0.2) is 24.1 Å². The minimum atomic E-state index is -0.306. The highest BCUT2D eigenvalue weighted by Crippen LogP contribution is 2.23. The number of hydrogen-bond acceptors (Lipinski definition) is 3. The SMILES string of the molecule is CCC(CC)N(CCN)c1ncc(Br)cc1F. The molecule has 96 valence electrons. The molecule has 1 rings (SSSR count). The molecule has 1 aromatic heterocycles. The van der Waals surface area contributed by atoms with Crippen molar-refractivity contribution in [3.63, 3.8) is 0 Å². The Hall–Kier alpha value is -0.680. The summed E-state index contributed by atoms with van der Waals surface area (Å²) in [6, 6.07) is 1.72. The number of nitrogens with zero attached hydrogens (tertiary/aromatic N) is 2. The minimum Gasteiger partial charge on any atom is -0.350 e. The second-order valence-corrected chi connectivity index (χ2v) is 4.83. The minimum absolute atomic E-state index is 0.279. The zero-order valence-electron chi connectivity index (χ0n) is 10.3. The summed E-state index contributed by atoms with van der Waals surface area (Å²) in [6.07, 6.45) is 3.52. The molecule has 1 heterocycles. The first-order chi connectivity index (χ1) is 8.13. The van der Waals surface area contributed by atoms with Crippen molar-refractivity contribution in [3.05, 3.63) is 22.6 Å². The van der Waals surface area contributed by atoms with Gasteiger partial charge in [0.25, 0.3) is 0 Å². The lowest BCUT2D eigenvalue weighted by Gasteiger charge is -2.31. The highest BCUT2D eigenvalue weighted by Gasteiger charge is 2.19. The highest BCUT2D eigenvalue weighted by atomic mass is 79.9. The third-order valence-electron chi connectivity index (χ3n) is 2.81. The largest absolute Gasteiger partial charge is 0.350 e. The maximum absolute atomic E-state index is 13.9. The predicted octanol–water partition coefficient (Wildman–Crippen LogP) is 2.94. The summed E-state index contributed by atoms with van der Waals surface area (Å²) in [5.74, 6) is 0.0899. The van der Waals surface area contributed by atoms with Crippen LogP contribution in [0.4, 0.5) is 10.2 Å². The van der Waals surface area contributed by atoms with Gasteiger partial charge in [-0.15, -0.1) is 0 Å². The van der Waals surface area contributed by atoms with Gasteiger partial charge in [0.15, 0.2) is 11.6 Å². The van der Waals surface area contributed by atoms with Crippen molar-refractivity contribution in [2.24, 2.45) is 5.73 Å². The average Bonchev–Trinajstić information content (AvgIpc) is 2.30. The summed E-state index contributed by atoms with van der Waals surface area (Å²) in [5.41, 5.74) is 5.59. The summed E-state index contributed by atoms with van der Waals surface area (Å²) in [7, 11) is 0. The van der Waals surface area contributed by atoms with Crippen molar-refractivity contribution in [2.75, 3.05) is 18.0 Å². The second-order valence-electron chi connectivity index (χ2n) is 3.91.